The van der Waals surface area contributed by atoms with Crippen molar-refractivity contribution in [3.8, 4) is 11.5 Å². The molecule has 1 amide bonds. The fourth-order valence-corrected chi connectivity index (χ4v) is 3.01. The smallest absolute Gasteiger partial charge is 0.251 e. The highest BCUT2D eigenvalue weighted by Gasteiger charge is 2.15. The Morgan fingerprint density at radius 3 is 2.92 bits per heavy atom. The van der Waals surface area contributed by atoms with Crippen molar-refractivity contribution in [1.29, 1.82) is 0 Å². The van der Waals surface area contributed by atoms with E-state index in [2.05, 4.69) is 25.5 Å². The number of amides is 1. The van der Waals surface area contributed by atoms with Crippen molar-refractivity contribution >= 4 is 39.4 Å². The van der Waals surface area contributed by atoms with E-state index in [4.69, 9.17) is 17.3 Å². The van der Waals surface area contributed by atoms with Crippen LogP contribution in [0.4, 0.5) is 0 Å². The van der Waals surface area contributed by atoms with Crippen LogP contribution in [0.15, 0.2) is 36.4 Å². The van der Waals surface area contributed by atoms with E-state index in [-0.39, 0.29) is 5.91 Å². The molecule has 0 saturated carbocycles. The van der Waals surface area contributed by atoms with Crippen molar-refractivity contribution in [2.75, 3.05) is 13.1 Å². The van der Waals surface area contributed by atoms with Gasteiger partial charge in [-0.05, 0) is 49.4 Å². The second-order valence-corrected chi connectivity index (χ2v) is 6.41. The van der Waals surface area contributed by atoms with Gasteiger partial charge in [-0.15, -0.1) is 0 Å². The Labute approximate surface area is 153 Å². The summed E-state index contributed by atoms with van der Waals surface area (Å²) in [5.74, 6) is 0.484. The molecule has 8 heteroatoms. The van der Waals surface area contributed by atoms with E-state index in [0.717, 1.165) is 28.4 Å². The second kappa shape index (κ2) is 6.78. The SMILES string of the molecule is NCCCNC(=O)c1ccc2[nH]nc(-c3nc4ccc(Cl)cc4[nH]3)c2c1. The third-order valence-corrected chi connectivity index (χ3v) is 4.39. The monoisotopic (exact) mass is 368 g/mol. The van der Waals surface area contributed by atoms with Crippen LogP contribution in [0.3, 0.4) is 0 Å². The van der Waals surface area contributed by atoms with Crippen molar-refractivity contribution < 1.29 is 4.79 Å². The molecule has 2 aromatic heterocycles. The van der Waals surface area contributed by atoms with Crippen LogP contribution in [-0.4, -0.2) is 39.2 Å². The molecular weight excluding hydrogens is 352 g/mol. The predicted molar refractivity (Wildman–Crippen MR) is 102 cm³/mol. The third-order valence-electron chi connectivity index (χ3n) is 4.16. The number of carbonyl (C=O) groups excluding carboxylic acids is 1. The minimum absolute atomic E-state index is 0.135. The van der Waals surface area contributed by atoms with Crippen molar-refractivity contribution in [1.82, 2.24) is 25.5 Å². The molecule has 0 saturated heterocycles. The quantitative estimate of drug-likeness (QED) is 0.406. The molecule has 5 N–H and O–H groups in total. The minimum Gasteiger partial charge on any atom is -0.352 e. The van der Waals surface area contributed by atoms with Gasteiger partial charge in [-0.3, -0.25) is 9.89 Å². The Hall–Kier alpha value is -2.90. The molecule has 26 heavy (non-hydrogen) atoms. The third kappa shape index (κ3) is 3.02. The summed E-state index contributed by atoms with van der Waals surface area (Å²) >= 11 is 6.03. The zero-order valence-corrected chi connectivity index (χ0v) is 14.6. The molecule has 0 aliphatic rings. The number of aromatic nitrogens is 4. The van der Waals surface area contributed by atoms with E-state index in [1.807, 2.05) is 24.3 Å². The van der Waals surface area contributed by atoms with Crippen LogP contribution in [-0.2, 0) is 0 Å². The highest BCUT2D eigenvalue weighted by molar-refractivity contribution is 6.31. The first-order chi connectivity index (χ1) is 12.7. The van der Waals surface area contributed by atoms with Crippen molar-refractivity contribution in [3.05, 3.63) is 47.0 Å². The van der Waals surface area contributed by atoms with Gasteiger partial charge in [-0.1, -0.05) is 11.6 Å². The molecule has 0 aliphatic heterocycles. The van der Waals surface area contributed by atoms with E-state index in [0.29, 0.717) is 35.2 Å². The number of halogens is 1. The highest BCUT2D eigenvalue weighted by atomic mass is 35.5. The molecule has 2 heterocycles. The Balaban J connectivity index is 1.72. The normalized spacial score (nSPS) is 11.3. The van der Waals surface area contributed by atoms with Gasteiger partial charge in [0.25, 0.3) is 5.91 Å². The number of nitrogens with two attached hydrogens (primary N) is 1. The molecule has 4 aromatic rings. The summed E-state index contributed by atoms with van der Waals surface area (Å²) in [7, 11) is 0. The summed E-state index contributed by atoms with van der Waals surface area (Å²) in [6.07, 6.45) is 0.743. The Morgan fingerprint density at radius 1 is 1.19 bits per heavy atom. The number of aromatic amines is 2. The van der Waals surface area contributed by atoms with Gasteiger partial charge in [0, 0.05) is 22.5 Å². The van der Waals surface area contributed by atoms with Crippen LogP contribution in [0, 0.1) is 0 Å². The molecule has 0 radical (unpaired) electrons. The van der Waals surface area contributed by atoms with E-state index in [9.17, 15) is 4.79 Å². The topological polar surface area (TPSA) is 112 Å². The lowest BCUT2D eigenvalue weighted by Crippen LogP contribution is -2.25. The van der Waals surface area contributed by atoms with Crippen LogP contribution in [0.1, 0.15) is 16.8 Å². The number of carbonyl (C=O) groups is 1. The molecule has 4 rings (SSSR count). The van der Waals surface area contributed by atoms with Crippen LogP contribution in [0.5, 0.6) is 0 Å². The molecule has 0 fully saturated rings. The first kappa shape index (κ1) is 16.6. The molecule has 0 aliphatic carbocycles. The summed E-state index contributed by atoms with van der Waals surface area (Å²) < 4.78 is 0. The summed E-state index contributed by atoms with van der Waals surface area (Å²) in [6.45, 7) is 1.09. The maximum Gasteiger partial charge on any atom is 0.251 e. The molecule has 0 unspecified atom stereocenters. The number of H-pyrrole nitrogens is 2. The lowest BCUT2D eigenvalue weighted by atomic mass is 10.1. The maximum absolute atomic E-state index is 12.3. The van der Waals surface area contributed by atoms with Crippen molar-refractivity contribution in [2.45, 2.75) is 6.42 Å². The Kier molecular flexibility index (Phi) is 4.32. The Morgan fingerprint density at radius 2 is 2.08 bits per heavy atom. The zero-order chi connectivity index (χ0) is 18.1. The summed E-state index contributed by atoms with van der Waals surface area (Å²) in [5, 5.41) is 11.6. The van der Waals surface area contributed by atoms with Crippen LogP contribution >= 0.6 is 11.6 Å². The van der Waals surface area contributed by atoms with E-state index in [1.54, 1.807) is 12.1 Å². The van der Waals surface area contributed by atoms with Gasteiger partial charge in [0.05, 0.1) is 16.6 Å². The lowest BCUT2D eigenvalue weighted by molar-refractivity contribution is 0.0953. The molecule has 7 nitrogen and oxygen atoms in total. The lowest BCUT2D eigenvalue weighted by Gasteiger charge is -2.04. The van der Waals surface area contributed by atoms with Gasteiger partial charge in [0.15, 0.2) is 5.82 Å². The van der Waals surface area contributed by atoms with E-state index in [1.165, 1.54) is 0 Å². The highest BCUT2D eigenvalue weighted by Crippen LogP contribution is 2.27. The van der Waals surface area contributed by atoms with Gasteiger partial charge in [-0.2, -0.15) is 5.10 Å². The fourth-order valence-electron chi connectivity index (χ4n) is 2.84. The van der Waals surface area contributed by atoms with Gasteiger partial charge >= 0.3 is 0 Å². The molecule has 2 aromatic carbocycles. The van der Waals surface area contributed by atoms with E-state index < -0.39 is 0 Å². The number of hydrogen-bond acceptors (Lipinski definition) is 4. The standard InChI is InChI=1S/C18H17ClN6O/c19-11-3-5-14-15(9-11)23-17(22-14)16-12-8-10(2-4-13(12)24-25-16)18(26)21-7-1-6-20/h2-5,8-9H,1,6-7,20H2,(H,21,26)(H,22,23)(H,24,25). The zero-order valence-electron chi connectivity index (χ0n) is 13.8. The number of fused-ring (bicyclic) bond motifs is 2. The van der Waals surface area contributed by atoms with Crippen molar-refractivity contribution in [2.24, 2.45) is 5.73 Å². The molecule has 0 spiro atoms. The molecule has 132 valence electrons. The number of imidazole rings is 1. The molecule has 0 atom stereocenters. The average Bonchev–Trinajstić information content (AvgIpc) is 3.24. The van der Waals surface area contributed by atoms with Crippen LogP contribution in [0.25, 0.3) is 33.5 Å². The van der Waals surface area contributed by atoms with Gasteiger partial charge < -0.3 is 16.0 Å². The number of nitrogens with one attached hydrogen (secondary N) is 3. The maximum atomic E-state index is 12.3. The predicted octanol–water partition coefficient (Wildman–Crippen LogP) is 2.84. The summed E-state index contributed by atoms with van der Waals surface area (Å²) in [6, 6.07) is 10.9. The van der Waals surface area contributed by atoms with Gasteiger partial charge in [0.2, 0.25) is 0 Å². The number of hydrogen-bond donors (Lipinski definition) is 4. The summed E-state index contributed by atoms with van der Waals surface area (Å²) in [4.78, 5) is 20.1. The average molecular weight is 369 g/mol. The van der Waals surface area contributed by atoms with Crippen molar-refractivity contribution in [3.63, 3.8) is 0 Å². The fraction of sp³-hybridized carbons (Fsp3) is 0.167. The first-order valence-electron chi connectivity index (χ1n) is 8.28. The number of nitrogens with zero attached hydrogens (tertiary/aromatic N) is 2. The van der Waals surface area contributed by atoms with Crippen LogP contribution in [0.2, 0.25) is 5.02 Å². The molecular formula is C18H17ClN6O. The molecule has 0 bridgehead atoms. The largest absolute Gasteiger partial charge is 0.352 e. The number of rotatable bonds is 5. The first-order valence-corrected chi connectivity index (χ1v) is 8.65. The second-order valence-electron chi connectivity index (χ2n) is 5.98. The van der Waals surface area contributed by atoms with Gasteiger partial charge in [0.1, 0.15) is 5.69 Å². The van der Waals surface area contributed by atoms with E-state index >= 15 is 0 Å². The van der Waals surface area contributed by atoms with Gasteiger partial charge in [-0.25, -0.2) is 4.98 Å². The Bertz CT molecular complexity index is 1100. The summed E-state index contributed by atoms with van der Waals surface area (Å²) in [5.41, 5.74) is 9.14. The number of benzene rings is 2. The minimum atomic E-state index is -0.135. The van der Waals surface area contributed by atoms with Crippen LogP contribution < -0.4 is 11.1 Å².